The van der Waals surface area contributed by atoms with Gasteiger partial charge in [0.2, 0.25) is 0 Å². The van der Waals surface area contributed by atoms with Crippen molar-refractivity contribution in [2.24, 2.45) is 5.92 Å². The molecule has 0 radical (unpaired) electrons. The highest BCUT2D eigenvalue weighted by Gasteiger charge is 2.09. The largest absolute Gasteiger partial charge is 0.294 e. The summed E-state index contributed by atoms with van der Waals surface area (Å²) in [6.07, 6.45) is 0.305. The first-order chi connectivity index (χ1) is 6.63. The number of ketones is 1. The van der Waals surface area contributed by atoms with E-state index in [-0.39, 0.29) is 11.7 Å². The van der Waals surface area contributed by atoms with E-state index in [1.165, 1.54) is 0 Å². The van der Waals surface area contributed by atoms with Crippen LogP contribution in [0.25, 0.3) is 0 Å². The van der Waals surface area contributed by atoms with E-state index in [4.69, 9.17) is 5.26 Å². The molecule has 14 heavy (non-hydrogen) atoms. The first-order valence-electron chi connectivity index (χ1n) is 4.63. The lowest BCUT2D eigenvalue weighted by atomic mass is 10.0. The second-order valence-electron chi connectivity index (χ2n) is 3.52. The van der Waals surface area contributed by atoms with E-state index >= 15 is 0 Å². The zero-order valence-electron chi connectivity index (χ0n) is 8.45. The Kier molecular flexibility index (Phi) is 3.41. The molecule has 0 fully saturated rings. The van der Waals surface area contributed by atoms with Crippen molar-refractivity contribution in [1.82, 2.24) is 0 Å². The quantitative estimate of drug-likeness (QED) is 0.682. The minimum atomic E-state index is -0.205. The molecule has 0 aliphatic carbocycles. The Hall–Kier alpha value is -1.62. The normalized spacial score (nSPS) is 11.8. The van der Waals surface area contributed by atoms with Crippen LogP contribution in [0.4, 0.5) is 0 Å². The van der Waals surface area contributed by atoms with Crippen LogP contribution in [0.15, 0.2) is 24.3 Å². The molecule has 2 nitrogen and oxygen atoms in total. The molecule has 0 spiro atoms. The van der Waals surface area contributed by atoms with Gasteiger partial charge < -0.3 is 0 Å². The van der Waals surface area contributed by atoms with Crippen LogP contribution in [0.1, 0.15) is 29.3 Å². The topological polar surface area (TPSA) is 40.9 Å². The van der Waals surface area contributed by atoms with Crippen LogP contribution < -0.4 is 0 Å². The molecule has 0 bridgehead atoms. The smallest absolute Gasteiger partial charge is 0.164 e. The molecule has 0 amide bonds. The van der Waals surface area contributed by atoms with Gasteiger partial charge in [0.1, 0.15) is 0 Å². The molecular weight excluding hydrogens is 174 g/mol. The van der Waals surface area contributed by atoms with Crippen molar-refractivity contribution < 1.29 is 4.79 Å². The molecule has 0 aliphatic rings. The molecule has 1 aromatic rings. The lowest BCUT2D eigenvalue weighted by molar-refractivity contribution is 0.0973. The fraction of sp³-hybridized carbons (Fsp3) is 0.333. The maximum absolute atomic E-state index is 11.6. The van der Waals surface area contributed by atoms with Crippen LogP contribution in [-0.4, -0.2) is 5.78 Å². The van der Waals surface area contributed by atoms with Crippen molar-refractivity contribution in [3.05, 3.63) is 35.4 Å². The third-order valence-corrected chi connectivity index (χ3v) is 2.09. The standard InChI is InChI=1S/C12H13NO/c1-9-3-5-11(6-4-9)12(14)7-10(2)8-13/h3-6,10H,7H2,1-2H3. The van der Waals surface area contributed by atoms with E-state index in [1.807, 2.05) is 31.2 Å². The van der Waals surface area contributed by atoms with Gasteiger partial charge in [-0.2, -0.15) is 5.26 Å². The summed E-state index contributed by atoms with van der Waals surface area (Å²) in [4.78, 5) is 11.6. The van der Waals surface area contributed by atoms with Gasteiger partial charge in [-0.05, 0) is 13.8 Å². The second-order valence-corrected chi connectivity index (χ2v) is 3.52. The average Bonchev–Trinajstić information content (AvgIpc) is 2.18. The number of carbonyl (C=O) groups excluding carboxylic acids is 1. The molecule has 0 saturated carbocycles. The Labute approximate surface area is 84.2 Å². The molecule has 72 valence electrons. The van der Waals surface area contributed by atoms with Crippen LogP contribution in [0.2, 0.25) is 0 Å². The number of nitriles is 1. The number of nitrogens with zero attached hydrogens (tertiary/aromatic N) is 1. The third-order valence-electron chi connectivity index (χ3n) is 2.09. The first kappa shape index (κ1) is 10.5. The van der Waals surface area contributed by atoms with E-state index < -0.39 is 0 Å². The van der Waals surface area contributed by atoms with Crippen molar-refractivity contribution in [3.63, 3.8) is 0 Å². The van der Waals surface area contributed by atoms with Gasteiger partial charge in [0, 0.05) is 12.0 Å². The fourth-order valence-corrected chi connectivity index (χ4v) is 1.18. The molecule has 0 aliphatic heterocycles. The molecule has 1 aromatic carbocycles. The van der Waals surface area contributed by atoms with Gasteiger partial charge in [0.05, 0.1) is 12.0 Å². The molecule has 1 rings (SSSR count). The Morgan fingerprint density at radius 1 is 1.43 bits per heavy atom. The summed E-state index contributed by atoms with van der Waals surface area (Å²) in [6.45, 7) is 3.73. The maximum atomic E-state index is 11.6. The van der Waals surface area contributed by atoms with Crippen LogP contribution in [-0.2, 0) is 0 Å². The summed E-state index contributed by atoms with van der Waals surface area (Å²) < 4.78 is 0. The lowest BCUT2D eigenvalue weighted by Crippen LogP contribution is -2.04. The van der Waals surface area contributed by atoms with Crippen molar-refractivity contribution in [1.29, 1.82) is 5.26 Å². The first-order valence-corrected chi connectivity index (χ1v) is 4.63. The molecule has 1 atom stereocenters. The Morgan fingerprint density at radius 3 is 2.50 bits per heavy atom. The van der Waals surface area contributed by atoms with Gasteiger partial charge in [-0.15, -0.1) is 0 Å². The van der Waals surface area contributed by atoms with Gasteiger partial charge in [-0.1, -0.05) is 29.8 Å². The summed E-state index contributed by atoms with van der Waals surface area (Å²) in [7, 11) is 0. The summed E-state index contributed by atoms with van der Waals surface area (Å²) in [5.74, 6) is -0.164. The van der Waals surface area contributed by atoms with E-state index in [0.717, 1.165) is 5.56 Å². The third kappa shape index (κ3) is 2.70. The summed E-state index contributed by atoms with van der Waals surface area (Å²) in [5.41, 5.74) is 1.83. The van der Waals surface area contributed by atoms with Crippen molar-refractivity contribution in [3.8, 4) is 6.07 Å². The number of benzene rings is 1. The fourth-order valence-electron chi connectivity index (χ4n) is 1.18. The maximum Gasteiger partial charge on any atom is 0.164 e. The Bertz CT molecular complexity index is 359. The minimum absolute atomic E-state index is 0.0408. The number of hydrogen-bond donors (Lipinski definition) is 0. The van der Waals surface area contributed by atoms with Gasteiger partial charge >= 0.3 is 0 Å². The molecule has 0 saturated heterocycles. The minimum Gasteiger partial charge on any atom is -0.294 e. The summed E-state index contributed by atoms with van der Waals surface area (Å²) >= 11 is 0. The summed E-state index contributed by atoms with van der Waals surface area (Å²) in [5, 5.41) is 8.57. The molecule has 0 aromatic heterocycles. The SMILES string of the molecule is Cc1ccc(C(=O)CC(C)C#N)cc1. The molecule has 2 heteroatoms. The highest BCUT2D eigenvalue weighted by Crippen LogP contribution is 2.10. The Balaban J connectivity index is 2.71. The van der Waals surface area contributed by atoms with E-state index in [0.29, 0.717) is 12.0 Å². The molecule has 0 heterocycles. The summed E-state index contributed by atoms with van der Waals surface area (Å²) in [6, 6.07) is 9.48. The van der Waals surface area contributed by atoms with Crippen LogP contribution in [0, 0.1) is 24.2 Å². The number of Topliss-reactive ketones (excluding diaryl/α,β-unsaturated/α-hetero) is 1. The van der Waals surface area contributed by atoms with E-state index in [1.54, 1.807) is 6.92 Å². The van der Waals surface area contributed by atoms with Gasteiger partial charge in [0.25, 0.3) is 0 Å². The number of carbonyl (C=O) groups is 1. The average molecular weight is 187 g/mol. The number of aryl methyl sites for hydroxylation is 1. The lowest BCUT2D eigenvalue weighted by Gasteiger charge is -2.02. The van der Waals surface area contributed by atoms with E-state index in [9.17, 15) is 4.79 Å². The van der Waals surface area contributed by atoms with Gasteiger partial charge in [0.15, 0.2) is 5.78 Å². The van der Waals surface area contributed by atoms with Crippen molar-refractivity contribution in [2.75, 3.05) is 0 Å². The van der Waals surface area contributed by atoms with Crippen LogP contribution >= 0.6 is 0 Å². The van der Waals surface area contributed by atoms with Gasteiger partial charge in [-0.25, -0.2) is 0 Å². The van der Waals surface area contributed by atoms with Gasteiger partial charge in [-0.3, -0.25) is 4.79 Å². The predicted octanol–water partition coefficient (Wildman–Crippen LogP) is 2.73. The Morgan fingerprint density at radius 2 is 2.00 bits per heavy atom. The van der Waals surface area contributed by atoms with Crippen molar-refractivity contribution >= 4 is 5.78 Å². The molecule has 0 N–H and O–H groups in total. The second kappa shape index (κ2) is 4.57. The predicted molar refractivity (Wildman–Crippen MR) is 54.9 cm³/mol. The van der Waals surface area contributed by atoms with Crippen LogP contribution in [0.5, 0.6) is 0 Å². The van der Waals surface area contributed by atoms with Crippen molar-refractivity contribution in [2.45, 2.75) is 20.3 Å². The highest BCUT2D eigenvalue weighted by molar-refractivity contribution is 5.96. The molecule has 1 unspecified atom stereocenters. The highest BCUT2D eigenvalue weighted by atomic mass is 16.1. The zero-order chi connectivity index (χ0) is 10.6. The molecular formula is C12H13NO. The van der Waals surface area contributed by atoms with E-state index in [2.05, 4.69) is 6.07 Å². The number of hydrogen-bond acceptors (Lipinski definition) is 2. The monoisotopic (exact) mass is 187 g/mol. The van der Waals surface area contributed by atoms with Crippen LogP contribution in [0.3, 0.4) is 0 Å². The number of rotatable bonds is 3. The zero-order valence-corrected chi connectivity index (χ0v) is 8.45.